The first-order valence-corrected chi connectivity index (χ1v) is 6.87. The van der Waals surface area contributed by atoms with E-state index in [1.807, 2.05) is 24.3 Å². The van der Waals surface area contributed by atoms with Gasteiger partial charge in [-0.05, 0) is 29.6 Å². The second kappa shape index (κ2) is 2.90. The first-order valence-electron chi connectivity index (χ1n) is 4.07. The Bertz CT molecular complexity index is 348. The number of rotatable bonds is 0. The Morgan fingerprint density at radius 3 is 2.83 bits per heavy atom. The van der Waals surface area contributed by atoms with Crippen molar-refractivity contribution in [2.24, 2.45) is 0 Å². The topological polar surface area (TPSA) is 17.1 Å². The van der Waals surface area contributed by atoms with E-state index in [0.29, 0.717) is 6.16 Å². The molecule has 1 aromatic carbocycles. The molecular formula is C9H10ClOP. The van der Waals surface area contributed by atoms with E-state index >= 15 is 0 Å². The molecule has 0 saturated carbocycles. The van der Waals surface area contributed by atoms with Crippen LogP contribution in [0.25, 0.3) is 0 Å². The van der Waals surface area contributed by atoms with Gasteiger partial charge in [0.2, 0.25) is 0 Å². The van der Waals surface area contributed by atoms with Gasteiger partial charge in [-0.15, -0.1) is 0 Å². The molecule has 64 valence electrons. The zero-order valence-electron chi connectivity index (χ0n) is 6.66. The first-order chi connectivity index (χ1) is 5.70. The fourth-order valence-electron chi connectivity index (χ4n) is 1.64. The molecule has 0 fully saturated rings. The molecule has 1 nitrogen and oxygen atoms in total. The molecule has 0 radical (unpaired) electrons. The van der Waals surface area contributed by atoms with E-state index in [9.17, 15) is 4.57 Å². The summed E-state index contributed by atoms with van der Waals surface area (Å²) in [6.07, 6.45) is 2.64. The second-order valence-electron chi connectivity index (χ2n) is 3.11. The predicted molar refractivity (Wildman–Crippen MR) is 52.7 cm³/mol. The van der Waals surface area contributed by atoms with Crippen LogP contribution in [-0.4, -0.2) is 6.16 Å². The van der Waals surface area contributed by atoms with Gasteiger partial charge in [0.25, 0.3) is 0 Å². The number of hydrogen-bond donors (Lipinski definition) is 0. The highest BCUT2D eigenvalue weighted by molar-refractivity contribution is 7.95. The zero-order chi connectivity index (χ0) is 8.60. The van der Waals surface area contributed by atoms with Crippen molar-refractivity contribution in [3.63, 3.8) is 0 Å². The van der Waals surface area contributed by atoms with Crippen LogP contribution in [0.15, 0.2) is 24.3 Å². The van der Waals surface area contributed by atoms with Crippen molar-refractivity contribution < 1.29 is 4.57 Å². The van der Waals surface area contributed by atoms with Crippen molar-refractivity contribution in [3.8, 4) is 0 Å². The van der Waals surface area contributed by atoms with E-state index in [-0.39, 0.29) is 0 Å². The van der Waals surface area contributed by atoms with Crippen LogP contribution in [-0.2, 0) is 11.0 Å². The number of fused-ring (bicyclic) bond motifs is 1. The monoisotopic (exact) mass is 200 g/mol. The number of benzene rings is 1. The lowest BCUT2D eigenvalue weighted by Gasteiger charge is -2.20. The number of hydrogen-bond acceptors (Lipinski definition) is 1. The average molecular weight is 201 g/mol. The Morgan fingerprint density at radius 2 is 2.08 bits per heavy atom. The fraction of sp³-hybridized carbons (Fsp3) is 0.333. The van der Waals surface area contributed by atoms with Crippen LogP contribution in [0, 0.1) is 0 Å². The lowest BCUT2D eigenvalue weighted by Crippen LogP contribution is -2.16. The van der Waals surface area contributed by atoms with Crippen LogP contribution >= 0.6 is 17.7 Å². The van der Waals surface area contributed by atoms with Gasteiger partial charge in [0.1, 0.15) is 0 Å². The second-order valence-corrected chi connectivity index (χ2v) is 6.98. The van der Waals surface area contributed by atoms with Gasteiger partial charge in [-0.2, -0.15) is 0 Å². The Labute approximate surface area is 76.9 Å². The molecule has 1 aliphatic rings. The smallest absolute Gasteiger partial charge is 0.197 e. The SMILES string of the molecule is O=P1(Cl)CCCc2ccccc21. The lowest BCUT2D eigenvalue weighted by molar-refractivity contribution is 0.586. The highest BCUT2D eigenvalue weighted by Gasteiger charge is 2.27. The molecule has 0 spiro atoms. The summed E-state index contributed by atoms with van der Waals surface area (Å²) in [5.41, 5.74) is 1.17. The van der Waals surface area contributed by atoms with E-state index in [1.165, 1.54) is 5.56 Å². The third-order valence-corrected chi connectivity index (χ3v) is 5.34. The Balaban J connectivity index is 2.59. The minimum absolute atomic E-state index is 0.658. The van der Waals surface area contributed by atoms with Crippen molar-refractivity contribution in [2.45, 2.75) is 12.8 Å². The maximum atomic E-state index is 11.8. The normalized spacial score (nSPS) is 28.1. The van der Waals surface area contributed by atoms with Gasteiger partial charge in [0.15, 0.2) is 6.49 Å². The number of halogens is 1. The van der Waals surface area contributed by atoms with E-state index in [4.69, 9.17) is 11.2 Å². The standard InChI is InChI=1S/C9H10ClOP/c10-12(11)7-3-5-8-4-1-2-6-9(8)12/h1-2,4,6H,3,5,7H2. The summed E-state index contributed by atoms with van der Waals surface area (Å²) >= 11 is 5.96. The van der Waals surface area contributed by atoms with Crippen LogP contribution in [0.5, 0.6) is 0 Å². The molecule has 1 heterocycles. The largest absolute Gasteiger partial charge is 0.302 e. The summed E-state index contributed by atoms with van der Waals surface area (Å²) in [5.74, 6) is 0. The summed E-state index contributed by atoms with van der Waals surface area (Å²) in [6, 6.07) is 7.78. The maximum absolute atomic E-state index is 11.8. The van der Waals surface area contributed by atoms with E-state index in [1.54, 1.807) is 0 Å². The maximum Gasteiger partial charge on any atom is 0.197 e. The summed E-state index contributed by atoms with van der Waals surface area (Å²) in [6.45, 7) is -2.50. The molecule has 2 rings (SSSR count). The van der Waals surface area contributed by atoms with Gasteiger partial charge < -0.3 is 4.57 Å². The predicted octanol–water partition coefficient (Wildman–Crippen LogP) is 2.78. The van der Waals surface area contributed by atoms with Crippen molar-refractivity contribution in [2.75, 3.05) is 6.16 Å². The fourth-order valence-corrected chi connectivity index (χ4v) is 4.22. The lowest BCUT2D eigenvalue weighted by atomic mass is 10.1. The molecular weight excluding hydrogens is 191 g/mol. The van der Waals surface area contributed by atoms with Gasteiger partial charge in [0, 0.05) is 11.5 Å². The highest BCUT2D eigenvalue weighted by atomic mass is 35.7. The van der Waals surface area contributed by atoms with Crippen LogP contribution < -0.4 is 5.30 Å². The zero-order valence-corrected chi connectivity index (χ0v) is 8.31. The molecule has 1 unspecified atom stereocenters. The molecule has 0 saturated heterocycles. The van der Waals surface area contributed by atoms with E-state index in [0.717, 1.165) is 18.1 Å². The molecule has 1 aromatic rings. The molecule has 0 aromatic heterocycles. The van der Waals surface area contributed by atoms with E-state index < -0.39 is 6.49 Å². The Morgan fingerprint density at radius 1 is 1.33 bits per heavy atom. The minimum atomic E-state index is -2.50. The van der Waals surface area contributed by atoms with Crippen LogP contribution in [0.3, 0.4) is 0 Å². The highest BCUT2D eigenvalue weighted by Crippen LogP contribution is 2.53. The van der Waals surface area contributed by atoms with Crippen LogP contribution in [0.1, 0.15) is 12.0 Å². The minimum Gasteiger partial charge on any atom is -0.302 e. The molecule has 0 N–H and O–H groups in total. The summed E-state index contributed by atoms with van der Waals surface area (Å²) in [5, 5.41) is 0.887. The molecule has 3 heteroatoms. The van der Waals surface area contributed by atoms with Gasteiger partial charge in [-0.25, -0.2) is 0 Å². The summed E-state index contributed by atoms with van der Waals surface area (Å²) in [4.78, 5) is 0. The van der Waals surface area contributed by atoms with Crippen LogP contribution in [0.4, 0.5) is 0 Å². The van der Waals surface area contributed by atoms with E-state index in [2.05, 4.69) is 0 Å². The van der Waals surface area contributed by atoms with Gasteiger partial charge in [0.05, 0.1) is 0 Å². The molecule has 1 aliphatic heterocycles. The van der Waals surface area contributed by atoms with Gasteiger partial charge in [-0.3, -0.25) is 0 Å². The Kier molecular flexibility index (Phi) is 2.02. The van der Waals surface area contributed by atoms with Crippen molar-refractivity contribution in [1.82, 2.24) is 0 Å². The summed E-state index contributed by atoms with van der Waals surface area (Å²) < 4.78 is 11.8. The molecule has 1 atom stereocenters. The molecule has 0 amide bonds. The van der Waals surface area contributed by atoms with Crippen LogP contribution in [0.2, 0.25) is 0 Å². The number of aryl methyl sites for hydroxylation is 1. The molecule has 12 heavy (non-hydrogen) atoms. The molecule has 0 bridgehead atoms. The third-order valence-electron chi connectivity index (χ3n) is 2.24. The average Bonchev–Trinajstić information content (AvgIpc) is 2.04. The quantitative estimate of drug-likeness (QED) is 0.589. The Hall–Kier alpha value is -0.260. The van der Waals surface area contributed by atoms with Crippen molar-refractivity contribution >= 4 is 23.0 Å². The van der Waals surface area contributed by atoms with Gasteiger partial charge >= 0.3 is 0 Å². The van der Waals surface area contributed by atoms with Crippen molar-refractivity contribution in [1.29, 1.82) is 0 Å². The molecule has 0 aliphatic carbocycles. The first kappa shape index (κ1) is 8.34. The summed E-state index contributed by atoms with van der Waals surface area (Å²) in [7, 11) is 0. The van der Waals surface area contributed by atoms with Crippen molar-refractivity contribution in [3.05, 3.63) is 29.8 Å². The third kappa shape index (κ3) is 1.32. The van der Waals surface area contributed by atoms with Gasteiger partial charge in [-0.1, -0.05) is 24.3 Å².